The Kier molecular flexibility index (Phi) is 7.51. The van der Waals surface area contributed by atoms with E-state index in [1.54, 1.807) is 18.2 Å². The summed E-state index contributed by atoms with van der Waals surface area (Å²) >= 11 is 6.10. The van der Waals surface area contributed by atoms with Crippen LogP contribution in [-0.2, 0) is 15.7 Å². The molecule has 2 aromatic carbocycles. The van der Waals surface area contributed by atoms with Gasteiger partial charge in [-0.15, -0.1) is 0 Å². The molecule has 0 saturated heterocycles. The number of rotatable bonds is 8. The number of esters is 1. The molecule has 1 fully saturated rings. The molecule has 1 aliphatic carbocycles. The lowest BCUT2D eigenvalue weighted by Gasteiger charge is -2.25. The van der Waals surface area contributed by atoms with Gasteiger partial charge in [0.1, 0.15) is 5.75 Å². The van der Waals surface area contributed by atoms with Gasteiger partial charge < -0.3 is 9.47 Å². The first-order valence-corrected chi connectivity index (χ1v) is 10.6. The van der Waals surface area contributed by atoms with Crippen LogP contribution in [0.2, 0.25) is 5.02 Å². The first-order chi connectivity index (χ1) is 15.4. The van der Waals surface area contributed by atoms with Crippen molar-refractivity contribution >= 4 is 17.6 Å². The highest BCUT2D eigenvalue weighted by Crippen LogP contribution is 2.51. The lowest BCUT2D eigenvalue weighted by molar-refractivity contribution is -0.153. The molecule has 10 heteroatoms. The summed E-state index contributed by atoms with van der Waals surface area (Å²) in [5, 5.41) is -1.02. The van der Waals surface area contributed by atoms with Gasteiger partial charge in [0.2, 0.25) is 0 Å². The third-order valence-electron chi connectivity index (χ3n) is 5.21. The maximum Gasteiger partial charge on any atom is 0.422 e. The standard InChI is InChI=1S/C23H21ClF6O3/c1-2-32-21(31)17(10-13-8-9-13)16-11-15(14-6-4-3-5-7-14)20(33-12-22(25,26)27)19(24)18(16)23(28,29)30/h3-7,11,13,17H,2,8-10,12H2,1H3. The topological polar surface area (TPSA) is 35.5 Å². The summed E-state index contributed by atoms with van der Waals surface area (Å²) in [6.07, 6.45) is -8.19. The lowest BCUT2D eigenvalue weighted by Crippen LogP contribution is -2.23. The maximum absolute atomic E-state index is 14.1. The van der Waals surface area contributed by atoms with E-state index in [0.717, 1.165) is 18.9 Å². The number of halogens is 7. The summed E-state index contributed by atoms with van der Waals surface area (Å²) in [5.41, 5.74) is -1.60. The number of carbonyl (C=O) groups is 1. The van der Waals surface area contributed by atoms with E-state index in [2.05, 4.69) is 0 Å². The average molecular weight is 495 g/mol. The van der Waals surface area contributed by atoms with E-state index in [1.807, 2.05) is 0 Å². The van der Waals surface area contributed by atoms with Gasteiger partial charge in [0.05, 0.1) is 23.1 Å². The molecule has 1 saturated carbocycles. The monoisotopic (exact) mass is 494 g/mol. The Balaban J connectivity index is 2.27. The molecular weight excluding hydrogens is 474 g/mol. The van der Waals surface area contributed by atoms with Crippen molar-refractivity contribution in [2.24, 2.45) is 5.92 Å². The van der Waals surface area contributed by atoms with Crippen LogP contribution in [0.25, 0.3) is 11.1 Å². The van der Waals surface area contributed by atoms with Crippen molar-refractivity contribution in [2.75, 3.05) is 13.2 Å². The van der Waals surface area contributed by atoms with E-state index in [1.165, 1.54) is 19.1 Å². The number of benzene rings is 2. The molecule has 0 spiro atoms. The van der Waals surface area contributed by atoms with Gasteiger partial charge in [-0.25, -0.2) is 0 Å². The highest BCUT2D eigenvalue weighted by Gasteiger charge is 2.43. The second-order valence-corrected chi connectivity index (χ2v) is 8.16. The zero-order valence-electron chi connectivity index (χ0n) is 17.5. The maximum atomic E-state index is 14.1. The molecule has 0 N–H and O–H groups in total. The van der Waals surface area contributed by atoms with Crippen LogP contribution in [0.1, 0.15) is 43.2 Å². The number of carbonyl (C=O) groups excluding carboxylic acids is 1. The molecule has 0 heterocycles. The molecule has 33 heavy (non-hydrogen) atoms. The van der Waals surface area contributed by atoms with E-state index in [0.29, 0.717) is 5.56 Å². The second-order valence-electron chi connectivity index (χ2n) is 7.78. The first-order valence-electron chi connectivity index (χ1n) is 10.3. The number of alkyl halides is 6. The van der Waals surface area contributed by atoms with Crippen LogP contribution >= 0.6 is 11.6 Å². The van der Waals surface area contributed by atoms with Crippen molar-refractivity contribution in [3.8, 4) is 16.9 Å². The number of ether oxygens (including phenoxy) is 2. The summed E-state index contributed by atoms with van der Waals surface area (Å²) in [6, 6.07) is 8.84. The molecule has 0 radical (unpaired) electrons. The Bertz CT molecular complexity index is 984. The third kappa shape index (κ3) is 6.34. The van der Waals surface area contributed by atoms with Crippen LogP contribution in [0.3, 0.4) is 0 Å². The van der Waals surface area contributed by atoms with Crippen molar-refractivity contribution in [3.05, 3.63) is 52.5 Å². The van der Waals surface area contributed by atoms with Gasteiger partial charge in [0, 0.05) is 5.56 Å². The molecule has 0 aliphatic heterocycles. The van der Waals surface area contributed by atoms with Crippen LogP contribution < -0.4 is 4.74 Å². The van der Waals surface area contributed by atoms with E-state index >= 15 is 0 Å². The average Bonchev–Trinajstić information content (AvgIpc) is 3.54. The van der Waals surface area contributed by atoms with Gasteiger partial charge in [-0.1, -0.05) is 54.8 Å². The van der Waals surface area contributed by atoms with Gasteiger partial charge >= 0.3 is 18.3 Å². The Hall–Kier alpha value is -2.42. The van der Waals surface area contributed by atoms with E-state index in [4.69, 9.17) is 21.1 Å². The Labute approximate surface area is 191 Å². The molecule has 0 aromatic heterocycles. The molecule has 2 aromatic rings. The van der Waals surface area contributed by atoms with E-state index in [-0.39, 0.29) is 24.5 Å². The Morgan fingerprint density at radius 2 is 1.76 bits per heavy atom. The molecule has 0 bridgehead atoms. The van der Waals surface area contributed by atoms with Crippen LogP contribution in [0.4, 0.5) is 26.3 Å². The van der Waals surface area contributed by atoms with Crippen molar-refractivity contribution in [1.82, 2.24) is 0 Å². The fraction of sp³-hybridized carbons (Fsp3) is 0.435. The Morgan fingerprint density at radius 3 is 2.27 bits per heavy atom. The van der Waals surface area contributed by atoms with Crippen molar-refractivity contribution < 1.29 is 40.6 Å². The fourth-order valence-electron chi connectivity index (χ4n) is 3.62. The minimum absolute atomic E-state index is 0.0343. The zero-order chi connectivity index (χ0) is 24.4. The summed E-state index contributed by atoms with van der Waals surface area (Å²) in [7, 11) is 0. The minimum atomic E-state index is -5.05. The number of hydrogen-bond acceptors (Lipinski definition) is 3. The molecule has 3 rings (SSSR count). The van der Waals surface area contributed by atoms with Crippen molar-refractivity contribution in [1.29, 1.82) is 0 Å². The molecule has 1 atom stereocenters. The molecule has 0 amide bonds. The largest absolute Gasteiger partial charge is 0.482 e. The van der Waals surface area contributed by atoms with Crippen LogP contribution in [0.5, 0.6) is 5.75 Å². The van der Waals surface area contributed by atoms with Crippen LogP contribution in [0, 0.1) is 5.92 Å². The first kappa shape index (κ1) is 25.2. The third-order valence-corrected chi connectivity index (χ3v) is 5.57. The van der Waals surface area contributed by atoms with Gasteiger partial charge in [-0.2, -0.15) is 26.3 Å². The van der Waals surface area contributed by atoms with Gasteiger partial charge in [-0.3, -0.25) is 4.79 Å². The normalized spacial score (nSPS) is 15.3. The quantitative estimate of drug-likeness (QED) is 0.283. The van der Waals surface area contributed by atoms with Gasteiger partial charge in [0.15, 0.2) is 6.61 Å². The van der Waals surface area contributed by atoms with Crippen molar-refractivity contribution in [2.45, 2.75) is 44.5 Å². The minimum Gasteiger partial charge on any atom is -0.482 e. The van der Waals surface area contributed by atoms with Crippen LogP contribution in [-0.4, -0.2) is 25.4 Å². The molecule has 3 nitrogen and oxygen atoms in total. The summed E-state index contributed by atoms with van der Waals surface area (Å²) in [4.78, 5) is 12.7. The highest BCUT2D eigenvalue weighted by molar-refractivity contribution is 6.33. The molecular formula is C23H21ClF6O3. The lowest BCUT2D eigenvalue weighted by atomic mass is 9.86. The second kappa shape index (κ2) is 9.83. The predicted octanol–water partition coefficient (Wildman–Crippen LogP) is 7.41. The van der Waals surface area contributed by atoms with Gasteiger partial charge in [-0.05, 0) is 36.5 Å². The molecule has 1 unspecified atom stereocenters. The smallest absolute Gasteiger partial charge is 0.422 e. The Morgan fingerprint density at radius 1 is 1.12 bits per heavy atom. The van der Waals surface area contributed by atoms with Gasteiger partial charge in [0.25, 0.3) is 0 Å². The van der Waals surface area contributed by atoms with E-state index < -0.39 is 52.7 Å². The predicted molar refractivity (Wildman–Crippen MR) is 110 cm³/mol. The summed E-state index contributed by atoms with van der Waals surface area (Å²) in [5.74, 6) is -2.80. The van der Waals surface area contributed by atoms with Crippen molar-refractivity contribution in [3.63, 3.8) is 0 Å². The zero-order valence-corrected chi connectivity index (χ0v) is 18.3. The summed E-state index contributed by atoms with van der Waals surface area (Å²) < 4.78 is 90.8. The van der Waals surface area contributed by atoms with E-state index in [9.17, 15) is 31.1 Å². The fourth-order valence-corrected chi connectivity index (χ4v) is 3.99. The van der Waals surface area contributed by atoms with Crippen LogP contribution in [0.15, 0.2) is 36.4 Å². The SMILES string of the molecule is CCOC(=O)C(CC1CC1)c1cc(-c2ccccc2)c(OCC(F)(F)F)c(Cl)c1C(F)(F)F. The molecule has 1 aliphatic rings. The highest BCUT2D eigenvalue weighted by atomic mass is 35.5. The number of hydrogen-bond donors (Lipinski definition) is 0. The molecule has 180 valence electrons. The summed E-state index contributed by atoms with van der Waals surface area (Å²) in [6.45, 7) is -0.326.